The molecule has 0 saturated carbocycles. The summed E-state index contributed by atoms with van der Waals surface area (Å²) >= 11 is 1.10. The number of thioether (sulfide) groups is 1. The summed E-state index contributed by atoms with van der Waals surface area (Å²) in [6, 6.07) is 0. The Morgan fingerprint density at radius 2 is 2.30 bits per heavy atom. The minimum Gasteiger partial charge on any atom is -0.394 e. The Morgan fingerprint density at radius 3 is 2.70 bits per heavy atom. The summed E-state index contributed by atoms with van der Waals surface area (Å²) in [6.45, 7) is -0.273. The quantitative estimate of drug-likeness (QED) is 0.172. The van der Waals surface area contributed by atoms with Crippen LogP contribution < -0.4 is 11.6 Å². The van der Waals surface area contributed by atoms with E-state index in [2.05, 4.69) is 5.10 Å². The second-order valence-corrected chi connectivity index (χ2v) is 2.66. The third-order valence-corrected chi connectivity index (χ3v) is 1.71. The van der Waals surface area contributed by atoms with Crippen molar-refractivity contribution in [1.82, 2.24) is 0 Å². The molecule has 1 unspecified atom stereocenters. The van der Waals surface area contributed by atoms with Gasteiger partial charge < -0.3 is 21.8 Å². The SMILES string of the molecule is N/N=C(\N)SCC(O)CO. The van der Waals surface area contributed by atoms with Crippen molar-refractivity contribution in [1.29, 1.82) is 0 Å². The van der Waals surface area contributed by atoms with Gasteiger partial charge in [-0.2, -0.15) is 5.10 Å². The average molecular weight is 165 g/mol. The second kappa shape index (κ2) is 5.33. The molecule has 0 aliphatic heterocycles. The predicted molar refractivity (Wildman–Crippen MR) is 41.4 cm³/mol. The van der Waals surface area contributed by atoms with Crippen LogP contribution in [0.5, 0.6) is 0 Å². The number of nitrogens with zero attached hydrogens (tertiary/aromatic N) is 1. The monoisotopic (exact) mass is 165 g/mol. The topological polar surface area (TPSA) is 105 Å². The Labute approximate surface area is 63.1 Å². The number of hydrazone groups is 1. The summed E-state index contributed by atoms with van der Waals surface area (Å²) in [7, 11) is 0. The first kappa shape index (κ1) is 9.54. The Kier molecular flexibility index (Phi) is 5.09. The van der Waals surface area contributed by atoms with Crippen molar-refractivity contribution in [2.24, 2.45) is 16.7 Å². The van der Waals surface area contributed by atoms with E-state index in [-0.39, 0.29) is 11.8 Å². The van der Waals surface area contributed by atoms with E-state index in [0.29, 0.717) is 5.75 Å². The van der Waals surface area contributed by atoms with Gasteiger partial charge in [-0.25, -0.2) is 0 Å². The summed E-state index contributed by atoms with van der Waals surface area (Å²) in [6.07, 6.45) is -0.759. The van der Waals surface area contributed by atoms with Crippen LogP contribution in [-0.4, -0.2) is 33.8 Å². The van der Waals surface area contributed by atoms with Gasteiger partial charge in [-0.15, -0.1) is 0 Å². The van der Waals surface area contributed by atoms with Crippen molar-refractivity contribution in [2.45, 2.75) is 6.10 Å². The number of aliphatic hydroxyl groups is 2. The van der Waals surface area contributed by atoms with Gasteiger partial charge in [-0.3, -0.25) is 0 Å². The van der Waals surface area contributed by atoms with Crippen LogP contribution in [0.1, 0.15) is 0 Å². The molecule has 60 valence electrons. The van der Waals surface area contributed by atoms with Gasteiger partial charge in [-0.1, -0.05) is 11.8 Å². The van der Waals surface area contributed by atoms with Crippen LogP contribution in [0.15, 0.2) is 5.10 Å². The molecule has 0 amide bonds. The van der Waals surface area contributed by atoms with Gasteiger partial charge in [0.2, 0.25) is 0 Å². The lowest BCUT2D eigenvalue weighted by atomic mass is 10.4. The normalized spacial score (nSPS) is 15.2. The molecule has 0 saturated heterocycles. The van der Waals surface area contributed by atoms with E-state index in [1.165, 1.54) is 0 Å². The second-order valence-electron chi connectivity index (χ2n) is 1.61. The minimum absolute atomic E-state index is 0.201. The van der Waals surface area contributed by atoms with E-state index in [0.717, 1.165) is 11.8 Å². The van der Waals surface area contributed by atoms with Crippen LogP contribution in [0.2, 0.25) is 0 Å². The Bertz CT molecular complexity index is 119. The van der Waals surface area contributed by atoms with Crippen molar-refractivity contribution in [3.63, 3.8) is 0 Å². The summed E-state index contributed by atoms with van der Waals surface area (Å²) in [5.41, 5.74) is 5.17. The van der Waals surface area contributed by atoms with Gasteiger partial charge in [0.1, 0.15) is 0 Å². The molecule has 6 N–H and O–H groups in total. The number of amidine groups is 1. The molecule has 0 bridgehead atoms. The minimum atomic E-state index is -0.759. The van der Waals surface area contributed by atoms with Crippen molar-refractivity contribution in [3.8, 4) is 0 Å². The molecule has 6 heteroatoms. The summed E-state index contributed by atoms with van der Waals surface area (Å²) in [5.74, 6) is 5.11. The van der Waals surface area contributed by atoms with Gasteiger partial charge in [0.25, 0.3) is 0 Å². The van der Waals surface area contributed by atoms with Crippen LogP contribution in [-0.2, 0) is 0 Å². The van der Waals surface area contributed by atoms with Crippen LogP contribution in [0.3, 0.4) is 0 Å². The molecule has 0 aliphatic rings. The molecule has 0 rings (SSSR count). The molecule has 0 radical (unpaired) electrons. The first-order valence-electron chi connectivity index (χ1n) is 2.65. The molecule has 5 nitrogen and oxygen atoms in total. The van der Waals surface area contributed by atoms with Crippen LogP contribution in [0.25, 0.3) is 0 Å². The van der Waals surface area contributed by atoms with Crippen LogP contribution in [0.4, 0.5) is 0 Å². The zero-order chi connectivity index (χ0) is 7.98. The van der Waals surface area contributed by atoms with Gasteiger partial charge in [0.05, 0.1) is 12.7 Å². The first-order valence-corrected chi connectivity index (χ1v) is 3.64. The first-order chi connectivity index (χ1) is 4.70. The summed E-state index contributed by atoms with van der Waals surface area (Å²) < 4.78 is 0. The summed E-state index contributed by atoms with van der Waals surface area (Å²) in [5, 5.41) is 20.5. The number of aliphatic hydroxyl groups excluding tert-OH is 2. The molecule has 10 heavy (non-hydrogen) atoms. The predicted octanol–water partition coefficient (Wildman–Crippen LogP) is -1.74. The standard InChI is InChI=1S/C4H11N3O2S/c5-4(7-6)10-2-3(9)1-8/h3,8-9H,1-2,6H2,(H2,5,7). The molecule has 0 fully saturated rings. The highest BCUT2D eigenvalue weighted by Crippen LogP contribution is 2.00. The fourth-order valence-corrected chi connectivity index (χ4v) is 0.815. The van der Waals surface area contributed by atoms with E-state index in [1.54, 1.807) is 0 Å². The zero-order valence-corrected chi connectivity index (χ0v) is 6.21. The molecule has 0 aromatic heterocycles. The van der Waals surface area contributed by atoms with E-state index >= 15 is 0 Å². The molecule has 0 aromatic rings. The molecule has 0 spiro atoms. The maximum absolute atomic E-state index is 8.78. The Hall–Kier alpha value is -0.460. The van der Waals surface area contributed by atoms with Crippen molar-refractivity contribution < 1.29 is 10.2 Å². The van der Waals surface area contributed by atoms with Crippen molar-refractivity contribution in [2.75, 3.05) is 12.4 Å². The van der Waals surface area contributed by atoms with E-state index in [1.807, 2.05) is 0 Å². The van der Waals surface area contributed by atoms with Crippen molar-refractivity contribution >= 4 is 16.9 Å². The van der Waals surface area contributed by atoms with Gasteiger partial charge >= 0.3 is 0 Å². The smallest absolute Gasteiger partial charge is 0.177 e. The van der Waals surface area contributed by atoms with Crippen LogP contribution in [0, 0.1) is 0 Å². The summed E-state index contributed by atoms with van der Waals surface area (Å²) in [4.78, 5) is 0. The third-order valence-electron chi connectivity index (χ3n) is 0.762. The number of nitrogens with two attached hydrogens (primary N) is 2. The number of hydrogen-bond acceptors (Lipinski definition) is 5. The molecule has 0 aromatic carbocycles. The maximum Gasteiger partial charge on any atom is 0.177 e. The number of hydrogen-bond donors (Lipinski definition) is 4. The van der Waals surface area contributed by atoms with E-state index in [9.17, 15) is 0 Å². The zero-order valence-electron chi connectivity index (χ0n) is 5.40. The molecule has 0 aliphatic carbocycles. The third kappa shape index (κ3) is 4.42. The van der Waals surface area contributed by atoms with Crippen LogP contribution >= 0.6 is 11.8 Å². The maximum atomic E-state index is 8.78. The highest BCUT2D eigenvalue weighted by atomic mass is 32.2. The lowest BCUT2D eigenvalue weighted by molar-refractivity contribution is 0.114. The Morgan fingerprint density at radius 1 is 1.70 bits per heavy atom. The molecule has 1 atom stereocenters. The lowest BCUT2D eigenvalue weighted by Gasteiger charge is -2.03. The van der Waals surface area contributed by atoms with E-state index < -0.39 is 6.10 Å². The highest BCUT2D eigenvalue weighted by Gasteiger charge is 2.02. The Balaban J connectivity index is 3.35. The van der Waals surface area contributed by atoms with Gasteiger partial charge in [0.15, 0.2) is 5.17 Å². The van der Waals surface area contributed by atoms with Gasteiger partial charge in [0, 0.05) is 5.75 Å². The fraction of sp³-hybridized carbons (Fsp3) is 0.750. The largest absolute Gasteiger partial charge is 0.394 e. The average Bonchev–Trinajstić information content (AvgIpc) is 1.99. The highest BCUT2D eigenvalue weighted by molar-refractivity contribution is 8.13. The molecule has 0 heterocycles. The molecular weight excluding hydrogens is 154 g/mol. The fourth-order valence-electron chi connectivity index (χ4n) is 0.272. The van der Waals surface area contributed by atoms with Crippen molar-refractivity contribution in [3.05, 3.63) is 0 Å². The van der Waals surface area contributed by atoms with Gasteiger partial charge in [-0.05, 0) is 0 Å². The lowest BCUT2D eigenvalue weighted by Crippen LogP contribution is -2.19. The molecular formula is C4H11N3O2S. The van der Waals surface area contributed by atoms with E-state index in [4.69, 9.17) is 21.8 Å². The number of rotatable bonds is 3.